The molecule has 0 unspecified atom stereocenters. The van der Waals surface area contributed by atoms with E-state index in [1.54, 1.807) is 18.2 Å². The van der Waals surface area contributed by atoms with Crippen molar-refractivity contribution in [2.45, 2.75) is 24.3 Å². The van der Waals surface area contributed by atoms with E-state index in [4.69, 9.17) is 0 Å². The Morgan fingerprint density at radius 2 is 1.87 bits per heavy atom. The number of nitrogens with zero attached hydrogens (tertiary/aromatic N) is 5. The summed E-state index contributed by atoms with van der Waals surface area (Å²) in [6, 6.07) is 11.9. The first-order valence-corrected chi connectivity index (χ1v) is 10.8. The van der Waals surface area contributed by atoms with Gasteiger partial charge in [-0.25, -0.2) is 12.8 Å². The Labute approximate surface area is 172 Å². The van der Waals surface area contributed by atoms with Crippen molar-refractivity contribution in [3.8, 4) is 11.4 Å². The molecule has 0 saturated carbocycles. The number of halogens is 1. The first-order chi connectivity index (χ1) is 14.4. The lowest BCUT2D eigenvalue weighted by atomic mass is 10.2. The van der Waals surface area contributed by atoms with Gasteiger partial charge in [-0.05, 0) is 48.4 Å². The highest BCUT2D eigenvalue weighted by molar-refractivity contribution is 7.89. The van der Waals surface area contributed by atoms with Gasteiger partial charge in [0.2, 0.25) is 21.8 Å². The van der Waals surface area contributed by atoms with Gasteiger partial charge in [0.1, 0.15) is 12.4 Å². The summed E-state index contributed by atoms with van der Waals surface area (Å²) in [5, 5.41) is 14.3. The molecule has 0 aliphatic carbocycles. The molecule has 0 atom stereocenters. The van der Waals surface area contributed by atoms with Crippen LogP contribution in [0.2, 0.25) is 0 Å². The molecule has 0 radical (unpaired) electrons. The number of rotatable bonds is 6. The second-order valence-electron chi connectivity index (χ2n) is 6.84. The highest BCUT2D eigenvalue weighted by Crippen LogP contribution is 2.23. The van der Waals surface area contributed by atoms with Crippen LogP contribution in [0.15, 0.2) is 53.4 Å². The topological polar surface area (TPSA) is 110 Å². The van der Waals surface area contributed by atoms with Crippen LogP contribution < -0.4 is 5.32 Å². The van der Waals surface area contributed by atoms with E-state index in [2.05, 4.69) is 20.7 Å². The Morgan fingerprint density at radius 1 is 1.10 bits per heavy atom. The molecule has 30 heavy (non-hydrogen) atoms. The van der Waals surface area contributed by atoms with Gasteiger partial charge in [-0.2, -0.15) is 9.10 Å². The summed E-state index contributed by atoms with van der Waals surface area (Å²) in [5.74, 6) is -0.680. The highest BCUT2D eigenvalue weighted by atomic mass is 32.2. The van der Waals surface area contributed by atoms with Gasteiger partial charge >= 0.3 is 0 Å². The molecule has 2 heterocycles. The molecular formula is C19H19FN6O3S. The molecule has 1 amide bonds. The van der Waals surface area contributed by atoms with Gasteiger partial charge in [0.25, 0.3) is 0 Å². The van der Waals surface area contributed by atoms with Crippen molar-refractivity contribution >= 4 is 21.6 Å². The van der Waals surface area contributed by atoms with Crippen molar-refractivity contribution < 1.29 is 17.6 Å². The molecule has 11 heteroatoms. The number of carbonyl (C=O) groups is 1. The molecule has 1 aliphatic heterocycles. The van der Waals surface area contributed by atoms with Gasteiger partial charge in [-0.1, -0.05) is 18.2 Å². The summed E-state index contributed by atoms with van der Waals surface area (Å²) >= 11 is 0. The fraction of sp³-hybridized carbons (Fsp3) is 0.263. The first-order valence-electron chi connectivity index (χ1n) is 9.36. The molecule has 9 nitrogen and oxygen atoms in total. The van der Waals surface area contributed by atoms with E-state index in [1.165, 1.54) is 34.6 Å². The third-order valence-electron chi connectivity index (χ3n) is 4.64. The number of hydrogen-bond donors (Lipinski definition) is 1. The molecule has 1 aliphatic rings. The Kier molecular flexibility index (Phi) is 5.55. The lowest BCUT2D eigenvalue weighted by Crippen LogP contribution is -2.28. The van der Waals surface area contributed by atoms with Gasteiger partial charge in [0.15, 0.2) is 0 Å². The molecule has 0 spiro atoms. The summed E-state index contributed by atoms with van der Waals surface area (Å²) in [7, 11) is -3.58. The molecule has 1 aromatic heterocycles. The summed E-state index contributed by atoms with van der Waals surface area (Å²) in [4.78, 5) is 13.6. The van der Waals surface area contributed by atoms with Crippen molar-refractivity contribution in [3.05, 3.63) is 54.3 Å². The minimum atomic E-state index is -3.58. The molecule has 1 saturated heterocycles. The average Bonchev–Trinajstić information content (AvgIpc) is 3.41. The zero-order valence-electron chi connectivity index (χ0n) is 15.9. The standard InChI is InChI=1S/C19H19FN6O3S/c20-15-6-3-5-14(11-15)19-22-24-26(23-19)13-18(27)21-16-7-4-8-17(12-16)30(28,29)25-9-1-2-10-25/h3-8,11-12H,1-2,9-10,13H2,(H,21,27). The van der Waals surface area contributed by atoms with Crippen LogP contribution in [0.1, 0.15) is 12.8 Å². The number of sulfonamides is 1. The number of tetrazole rings is 1. The Balaban J connectivity index is 1.44. The monoisotopic (exact) mass is 430 g/mol. The fourth-order valence-electron chi connectivity index (χ4n) is 3.19. The molecular weight excluding hydrogens is 411 g/mol. The van der Waals surface area contributed by atoms with Gasteiger partial charge < -0.3 is 5.32 Å². The van der Waals surface area contributed by atoms with Crippen LogP contribution in [0.5, 0.6) is 0 Å². The smallest absolute Gasteiger partial charge is 0.248 e. The van der Waals surface area contributed by atoms with Gasteiger partial charge in [-0.15, -0.1) is 10.2 Å². The van der Waals surface area contributed by atoms with Crippen LogP contribution in [0.3, 0.4) is 0 Å². The van der Waals surface area contributed by atoms with E-state index < -0.39 is 21.7 Å². The number of carbonyl (C=O) groups excluding carboxylic acids is 1. The van der Waals surface area contributed by atoms with Crippen LogP contribution in [-0.4, -0.2) is 51.9 Å². The van der Waals surface area contributed by atoms with E-state index in [0.29, 0.717) is 24.3 Å². The maximum absolute atomic E-state index is 13.3. The summed E-state index contributed by atoms with van der Waals surface area (Å²) in [5.41, 5.74) is 0.798. The highest BCUT2D eigenvalue weighted by Gasteiger charge is 2.27. The van der Waals surface area contributed by atoms with E-state index in [1.807, 2.05) is 0 Å². The number of hydrogen-bond acceptors (Lipinski definition) is 6. The first kappa shape index (κ1) is 20.1. The molecule has 1 fully saturated rings. The van der Waals surface area contributed by atoms with Crippen molar-refractivity contribution in [3.63, 3.8) is 0 Å². The summed E-state index contributed by atoms with van der Waals surface area (Å²) in [6.45, 7) is 0.778. The van der Waals surface area contributed by atoms with Gasteiger partial charge in [0, 0.05) is 24.3 Å². The number of amides is 1. The van der Waals surface area contributed by atoms with Crippen LogP contribution in [-0.2, 0) is 21.4 Å². The van der Waals surface area contributed by atoms with Crippen molar-refractivity contribution in [2.75, 3.05) is 18.4 Å². The van der Waals surface area contributed by atoms with E-state index >= 15 is 0 Å². The Hall–Kier alpha value is -3.18. The van der Waals surface area contributed by atoms with Crippen molar-refractivity contribution in [1.29, 1.82) is 0 Å². The molecule has 156 valence electrons. The second-order valence-corrected chi connectivity index (χ2v) is 8.78. The number of aromatic nitrogens is 4. The Morgan fingerprint density at radius 3 is 2.63 bits per heavy atom. The minimum absolute atomic E-state index is 0.134. The predicted octanol–water partition coefficient (Wildman–Crippen LogP) is 1.90. The van der Waals surface area contributed by atoms with Crippen LogP contribution in [0.25, 0.3) is 11.4 Å². The van der Waals surface area contributed by atoms with E-state index in [-0.39, 0.29) is 17.3 Å². The maximum atomic E-state index is 13.3. The summed E-state index contributed by atoms with van der Waals surface area (Å²) < 4.78 is 40.1. The van der Waals surface area contributed by atoms with Crippen LogP contribution in [0, 0.1) is 5.82 Å². The SMILES string of the molecule is O=C(Cn1nnc(-c2cccc(F)c2)n1)Nc1cccc(S(=O)(=O)N2CCCC2)c1. The molecule has 3 aromatic rings. The quantitative estimate of drug-likeness (QED) is 0.640. The molecule has 2 aromatic carbocycles. The average molecular weight is 430 g/mol. The lowest BCUT2D eigenvalue weighted by molar-refractivity contribution is -0.117. The number of nitrogens with one attached hydrogen (secondary N) is 1. The largest absolute Gasteiger partial charge is 0.324 e. The Bertz CT molecular complexity index is 1170. The zero-order valence-corrected chi connectivity index (χ0v) is 16.7. The lowest BCUT2D eigenvalue weighted by Gasteiger charge is -2.16. The minimum Gasteiger partial charge on any atom is -0.324 e. The third-order valence-corrected chi connectivity index (χ3v) is 6.54. The maximum Gasteiger partial charge on any atom is 0.248 e. The van der Waals surface area contributed by atoms with Gasteiger partial charge in [0.05, 0.1) is 4.90 Å². The summed E-state index contributed by atoms with van der Waals surface area (Å²) in [6.07, 6.45) is 1.69. The zero-order chi connectivity index (χ0) is 21.1. The van der Waals surface area contributed by atoms with Crippen molar-refractivity contribution in [2.24, 2.45) is 0 Å². The molecule has 0 bridgehead atoms. The predicted molar refractivity (Wildman–Crippen MR) is 106 cm³/mol. The second kappa shape index (κ2) is 8.28. The fourth-order valence-corrected chi connectivity index (χ4v) is 4.76. The van der Waals surface area contributed by atoms with Crippen LogP contribution in [0.4, 0.5) is 10.1 Å². The van der Waals surface area contributed by atoms with Crippen LogP contribution >= 0.6 is 0 Å². The van der Waals surface area contributed by atoms with Gasteiger partial charge in [-0.3, -0.25) is 4.79 Å². The molecule has 1 N–H and O–H groups in total. The van der Waals surface area contributed by atoms with E-state index in [9.17, 15) is 17.6 Å². The van der Waals surface area contributed by atoms with E-state index in [0.717, 1.165) is 17.6 Å². The number of benzene rings is 2. The third kappa shape index (κ3) is 4.36. The molecule has 4 rings (SSSR count). The normalized spacial score (nSPS) is 14.7. The number of anilines is 1. The van der Waals surface area contributed by atoms with Crippen molar-refractivity contribution in [1.82, 2.24) is 24.5 Å².